The third-order valence-corrected chi connectivity index (χ3v) is 4.28. The van der Waals surface area contributed by atoms with E-state index in [1.807, 2.05) is 6.92 Å². The van der Waals surface area contributed by atoms with Crippen LogP contribution in [-0.4, -0.2) is 60.6 Å². The molecule has 0 aromatic carbocycles. The van der Waals surface area contributed by atoms with E-state index in [0.717, 1.165) is 5.69 Å². The maximum atomic E-state index is 12.6. The van der Waals surface area contributed by atoms with Crippen molar-refractivity contribution in [3.63, 3.8) is 0 Å². The second-order valence-electron chi connectivity index (χ2n) is 5.64. The summed E-state index contributed by atoms with van der Waals surface area (Å²) >= 11 is 0. The highest BCUT2D eigenvalue weighted by atomic mass is 16.5. The van der Waals surface area contributed by atoms with Crippen LogP contribution in [0.4, 0.5) is 0 Å². The molecular weight excluding hydrogens is 286 g/mol. The Labute approximate surface area is 130 Å². The molecule has 0 spiro atoms. The highest BCUT2D eigenvalue weighted by molar-refractivity contribution is 5.80. The minimum absolute atomic E-state index is 0.0160. The topological polar surface area (TPSA) is 75.9 Å². The first-order chi connectivity index (χ1) is 10.5. The molecule has 0 saturated carbocycles. The molecule has 0 unspecified atom stereocenters. The van der Waals surface area contributed by atoms with E-state index in [1.54, 1.807) is 22.9 Å². The lowest BCUT2D eigenvalue weighted by Crippen LogP contribution is -2.44. The SMILES string of the molecule is COCC(=O)N1CCC(C(=O)N(C)[C@@H](C)c2ccon2)CC1. The average Bonchev–Trinajstić information content (AvgIpc) is 3.07. The van der Waals surface area contributed by atoms with E-state index in [1.165, 1.54) is 13.4 Å². The van der Waals surface area contributed by atoms with Crippen molar-refractivity contribution in [3.8, 4) is 0 Å². The maximum Gasteiger partial charge on any atom is 0.248 e. The summed E-state index contributed by atoms with van der Waals surface area (Å²) in [7, 11) is 3.29. The minimum atomic E-state index is -0.126. The number of methoxy groups -OCH3 is 1. The number of piperidine rings is 1. The highest BCUT2D eigenvalue weighted by Crippen LogP contribution is 2.24. The molecule has 1 aliphatic heterocycles. The lowest BCUT2D eigenvalue weighted by Gasteiger charge is -2.34. The fourth-order valence-corrected chi connectivity index (χ4v) is 2.71. The fourth-order valence-electron chi connectivity index (χ4n) is 2.71. The van der Waals surface area contributed by atoms with Gasteiger partial charge in [0.05, 0.1) is 6.04 Å². The molecule has 2 heterocycles. The molecule has 0 radical (unpaired) electrons. The summed E-state index contributed by atoms with van der Waals surface area (Å²) in [5.74, 6) is 0.0259. The van der Waals surface area contributed by atoms with Crippen LogP contribution >= 0.6 is 0 Å². The molecule has 2 amide bonds. The standard InChI is InChI=1S/C15H23N3O4/c1-11(13-6-9-22-16-13)17(2)15(20)12-4-7-18(8-5-12)14(19)10-21-3/h6,9,11-12H,4-5,7-8,10H2,1-3H3/t11-/m0/s1. The van der Waals surface area contributed by atoms with E-state index in [9.17, 15) is 9.59 Å². The first kappa shape index (κ1) is 16.5. The van der Waals surface area contributed by atoms with Crippen LogP contribution < -0.4 is 0 Å². The monoisotopic (exact) mass is 309 g/mol. The number of hydrogen-bond donors (Lipinski definition) is 0. The molecule has 1 aromatic rings. The number of nitrogens with zero attached hydrogens (tertiary/aromatic N) is 3. The zero-order valence-corrected chi connectivity index (χ0v) is 13.3. The Morgan fingerprint density at radius 1 is 1.50 bits per heavy atom. The third-order valence-electron chi connectivity index (χ3n) is 4.28. The Bertz CT molecular complexity index is 495. The van der Waals surface area contributed by atoms with Crippen LogP contribution in [0.1, 0.15) is 31.5 Å². The van der Waals surface area contributed by atoms with Gasteiger partial charge in [0.1, 0.15) is 18.6 Å². The molecule has 2 rings (SSSR count). The van der Waals surface area contributed by atoms with Crippen molar-refractivity contribution < 1.29 is 18.8 Å². The van der Waals surface area contributed by atoms with Crippen molar-refractivity contribution in [2.75, 3.05) is 33.9 Å². The molecule has 1 saturated heterocycles. The zero-order valence-electron chi connectivity index (χ0n) is 13.3. The zero-order chi connectivity index (χ0) is 16.1. The molecule has 1 atom stereocenters. The van der Waals surface area contributed by atoms with Crippen LogP contribution in [0.5, 0.6) is 0 Å². The van der Waals surface area contributed by atoms with Crippen LogP contribution in [0.2, 0.25) is 0 Å². The lowest BCUT2D eigenvalue weighted by atomic mass is 9.94. The van der Waals surface area contributed by atoms with Crippen molar-refractivity contribution in [2.45, 2.75) is 25.8 Å². The van der Waals surface area contributed by atoms with E-state index in [2.05, 4.69) is 5.16 Å². The van der Waals surface area contributed by atoms with Crippen molar-refractivity contribution in [1.29, 1.82) is 0 Å². The van der Waals surface area contributed by atoms with Gasteiger partial charge in [0.2, 0.25) is 11.8 Å². The van der Waals surface area contributed by atoms with Gasteiger partial charge >= 0.3 is 0 Å². The number of rotatable bonds is 5. The summed E-state index contributed by atoms with van der Waals surface area (Å²) in [5.41, 5.74) is 0.739. The van der Waals surface area contributed by atoms with E-state index in [-0.39, 0.29) is 30.4 Å². The van der Waals surface area contributed by atoms with Crippen LogP contribution in [0.3, 0.4) is 0 Å². The van der Waals surface area contributed by atoms with Crippen molar-refractivity contribution in [1.82, 2.24) is 15.0 Å². The van der Waals surface area contributed by atoms with E-state index in [0.29, 0.717) is 25.9 Å². The molecule has 122 valence electrons. The summed E-state index contributed by atoms with van der Waals surface area (Å²) in [4.78, 5) is 27.8. The smallest absolute Gasteiger partial charge is 0.248 e. The molecule has 22 heavy (non-hydrogen) atoms. The second-order valence-corrected chi connectivity index (χ2v) is 5.64. The Morgan fingerprint density at radius 2 is 2.18 bits per heavy atom. The van der Waals surface area contributed by atoms with Crippen molar-refractivity contribution in [2.24, 2.45) is 5.92 Å². The number of carbonyl (C=O) groups excluding carboxylic acids is 2. The van der Waals surface area contributed by atoms with E-state index >= 15 is 0 Å². The highest BCUT2D eigenvalue weighted by Gasteiger charge is 2.31. The van der Waals surface area contributed by atoms with E-state index in [4.69, 9.17) is 9.26 Å². The number of hydrogen-bond acceptors (Lipinski definition) is 5. The van der Waals surface area contributed by atoms with Gasteiger partial charge < -0.3 is 19.1 Å². The van der Waals surface area contributed by atoms with Crippen LogP contribution in [0.25, 0.3) is 0 Å². The van der Waals surface area contributed by atoms with Gasteiger partial charge in [-0.3, -0.25) is 9.59 Å². The van der Waals surface area contributed by atoms with Gasteiger partial charge in [-0.1, -0.05) is 5.16 Å². The molecule has 7 nitrogen and oxygen atoms in total. The van der Waals surface area contributed by atoms with Crippen molar-refractivity contribution >= 4 is 11.8 Å². The summed E-state index contributed by atoms with van der Waals surface area (Å²) < 4.78 is 9.69. The van der Waals surface area contributed by atoms with Gasteiger partial charge in [0.15, 0.2) is 0 Å². The van der Waals surface area contributed by atoms with Crippen LogP contribution in [-0.2, 0) is 14.3 Å². The van der Waals surface area contributed by atoms with Crippen molar-refractivity contribution in [3.05, 3.63) is 18.0 Å². The minimum Gasteiger partial charge on any atom is -0.375 e. The number of carbonyl (C=O) groups is 2. The van der Waals surface area contributed by atoms with Gasteiger partial charge in [-0.05, 0) is 19.8 Å². The van der Waals surface area contributed by atoms with Gasteiger partial charge in [-0.25, -0.2) is 0 Å². The first-order valence-corrected chi connectivity index (χ1v) is 7.48. The second kappa shape index (κ2) is 7.40. The Morgan fingerprint density at radius 3 is 2.73 bits per heavy atom. The average molecular weight is 309 g/mol. The van der Waals surface area contributed by atoms with Crippen LogP contribution in [0.15, 0.2) is 16.9 Å². The summed E-state index contributed by atoms with van der Waals surface area (Å²) in [6.07, 6.45) is 2.87. The van der Waals surface area contributed by atoms with Crippen LogP contribution in [0, 0.1) is 5.92 Å². The Balaban J connectivity index is 1.88. The molecule has 1 aliphatic rings. The van der Waals surface area contributed by atoms with Gasteiger partial charge in [0.25, 0.3) is 0 Å². The summed E-state index contributed by atoms with van der Waals surface area (Å²) in [6, 6.07) is 1.64. The number of aromatic nitrogens is 1. The fraction of sp³-hybridized carbons (Fsp3) is 0.667. The molecule has 1 aromatic heterocycles. The predicted octanol–water partition coefficient (Wildman–Crippen LogP) is 1.08. The Hall–Kier alpha value is -1.89. The normalized spacial score (nSPS) is 17.3. The lowest BCUT2D eigenvalue weighted by molar-refractivity contribution is -0.142. The van der Waals surface area contributed by atoms with E-state index < -0.39 is 0 Å². The largest absolute Gasteiger partial charge is 0.375 e. The molecule has 7 heteroatoms. The van der Waals surface area contributed by atoms with Gasteiger partial charge in [-0.15, -0.1) is 0 Å². The Kier molecular flexibility index (Phi) is 5.54. The maximum absolute atomic E-state index is 12.6. The molecule has 0 aliphatic carbocycles. The number of ether oxygens (including phenoxy) is 1. The molecular formula is C15H23N3O4. The number of likely N-dealkylation sites (tertiary alicyclic amines) is 1. The quantitative estimate of drug-likeness (QED) is 0.813. The predicted molar refractivity (Wildman–Crippen MR) is 78.9 cm³/mol. The first-order valence-electron chi connectivity index (χ1n) is 7.48. The molecule has 0 bridgehead atoms. The molecule has 0 N–H and O–H groups in total. The third kappa shape index (κ3) is 3.65. The summed E-state index contributed by atoms with van der Waals surface area (Å²) in [6.45, 7) is 3.23. The molecule has 1 fully saturated rings. The van der Waals surface area contributed by atoms with Gasteiger partial charge in [0, 0.05) is 39.2 Å². The summed E-state index contributed by atoms with van der Waals surface area (Å²) in [5, 5.41) is 3.88. The van der Waals surface area contributed by atoms with Gasteiger partial charge in [-0.2, -0.15) is 0 Å². The number of amides is 2.